The fourth-order valence-corrected chi connectivity index (χ4v) is 2.93. The van der Waals surface area contributed by atoms with E-state index >= 15 is 0 Å². The number of hydrogen-bond donors (Lipinski definition) is 4. The number of aliphatic imine (C=N–C) groups is 1. The van der Waals surface area contributed by atoms with Crippen LogP contribution in [0.3, 0.4) is 0 Å². The fourth-order valence-electron chi connectivity index (χ4n) is 2.28. The van der Waals surface area contributed by atoms with Gasteiger partial charge in [0.05, 0.1) is 17.2 Å². The van der Waals surface area contributed by atoms with E-state index < -0.39 is 5.91 Å². The number of benzene rings is 1. The first-order chi connectivity index (χ1) is 13.0. The SMILES string of the molecule is CN=C(NCCc1csc(C)n1)NCc1ccc(C(=O)NCC(N)=O)cc1. The van der Waals surface area contributed by atoms with Gasteiger partial charge in [-0.2, -0.15) is 0 Å². The Balaban J connectivity index is 1.76. The summed E-state index contributed by atoms with van der Waals surface area (Å²) in [5, 5.41) is 12.1. The Morgan fingerprint density at radius 1 is 1.19 bits per heavy atom. The predicted octanol–water partition coefficient (Wildman–Crippen LogP) is 0.574. The molecule has 0 fully saturated rings. The van der Waals surface area contributed by atoms with Crippen molar-refractivity contribution in [3.05, 3.63) is 51.5 Å². The Kier molecular flexibility index (Phi) is 7.75. The van der Waals surface area contributed by atoms with Gasteiger partial charge in [0.25, 0.3) is 5.91 Å². The Labute approximate surface area is 162 Å². The quantitative estimate of drug-likeness (QED) is 0.389. The lowest BCUT2D eigenvalue weighted by Gasteiger charge is -2.12. The highest BCUT2D eigenvalue weighted by Gasteiger charge is 2.06. The van der Waals surface area contributed by atoms with Crippen molar-refractivity contribution < 1.29 is 9.59 Å². The summed E-state index contributed by atoms with van der Waals surface area (Å²) >= 11 is 1.65. The molecule has 0 atom stereocenters. The maximum atomic E-state index is 11.8. The topological polar surface area (TPSA) is 122 Å². The molecular weight excluding hydrogens is 364 g/mol. The van der Waals surface area contributed by atoms with Crippen molar-refractivity contribution in [3.63, 3.8) is 0 Å². The molecule has 0 aliphatic heterocycles. The molecule has 0 aliphatic rings. The minimum atomic E-state index is -0.576. The fraction of sp³-hybridized carbons (Fsp3) is 0.333. The third kappa shape index (κ3) is 7.06. The van der Waals surface area contributed by atoms with E-state index in [0.29, 0.717) is 18.1 Å². The molecule has 2 aromatic rings. The van der Waals surface area contributed by atoms with Crippen molar-refractivity contribution in [2.45, 2.75) is 19.9 Å². The van der Waals surface area contributed by atoms with Gasteiger partial charge in [-0.15, -0.1) is 11.3 Å². The van der Waals surface area contributed by atoms with Crippen molar-refractivity contribution >= 4 is 29.1 Å². The maximum absolute atomic E-state index is 11.8. The van der Waals surface area contributed by atoms with E-state index in [1.165, 1.54) is 0 Å². The van der Waals surface area contributed by atoms with Crippen LogP contribution in [0.5, 0.6) is 0 Å². The van der Waals surface area contributed by atoms with Crippen molar-refractivity contribution in [3.8, 4) is 0 Å². The number of carbonyl (C=O) groups is 2. The molecule has 0 unspecified atom stereocenters. The Morgan fingerprint density at radius 2 is 1.93 bits per heavy atom. The molecule has 0 spiro atoms. The molecule has 1 aromatic heterocycles. The molecule has 0 saturated carbocycles. The first-order valence-corrected chi connectivity index (χ1v) is 9.37. The predicted molar refractivity (Wildman–Crippen MR) is 107 cm³/mol. The third-order valence-corrected chi connectivity index (χ3v) is 4.49. The maximum Gasteiger partial charge on any atom is 0.251 e. The Morgan fingerprint density at radius 3 is 2.52 bits per heavy atom. The van der Waals surface area contributed by atoms with Gasteiger partial charge < -0.3 is 21.7 Å². The van der Waals surface area contributed by atoms with E-state index in [1.807, 2.05) is 19.1 Å². The molecule has 1 aromatic carbocycles. The molecule has 9 heteroatoms. The number of aryl methyl sites for hydroxylation is 1. The summed E-state index contributed by atoms with van der Waals surface area (Å²) in [4.78, 5) is 31.2. The lowest BCUT2D eigenvalue weighted by molar-refractivity contribution is -0.117. The van der Waals surface area contributed by atoms with Crippen molar-refractivity contribution in [2.75, 3.05) is 20.1 Å². The summed E-state index contributed by atoms with van der Waals surface area (Å²) in [6.07, 6.45) is 0.833. The summed E-state index contributed by atoms with van der Waals surface area (Å²) in [7, 11) is 1.72. The number of aromatic nitrogens is 1. The summed E-state index contributed by atoms with van der Waals surface area (Å²) in [6.45, 7) is 3.12. The van der Waals surface area contributed by atoms with Crippen LogP contribution in [0.1, 0.15) is 26.6 Å². The molecule has 1 heterocycles. The molecule has 0 aliphatic carbocycles. The molecule has 0 radical (unpaired) electrons. The largest absolute Gasteiger partial charge is 0.368 e. The van der Waals surface area contributed by atoms with Gasteiger partial charge in [0, 0.05) is 37.5 Å². The Bertz CT molecular complexity index is 800. The molecule has 144 valence electrons. The Hall–Kier alpha value is -2.94. The van der Waals surface area contributed by atoms with Crippen LogP contribution in [0.4, 0.5) is 0 Å². The number of hydrogen-bond acceptors (Lipinski definition) is 5. The molecule has 2 rings (SSSR count). The van der Waals surface area contributed by atoms with Gasteiger partial charge in [-0.3, -0.25) is 14.6 Å². The summed E-state index contributed by atoms with van der Waals surface area (Å²) in [6, 6.07) is 7.09. The number of nitrogens with one attached hydrogen (secondary N) is 3. The zero-order valence-electron chi connectivity index (χ0n) is 15.4. The number of guanidine groups is 1. The highest BCUT2D eigenvalue weighted by molar-refractivity contribution is 7.09. The van der Waals surface area contributed by atoms with Crippen molar-refractivity contribution in [1.29, 1.82) is 0 Å². The molecule has 2 amide bonds. The van der Waals surface area contributed by atoms with E-state index in [9.17, 15) is 9.59 Å². The van der Waals surface area contributed by atoms with Crippen LogP contribution < -0.4 is 21.7 Å². The second-order valence-electron chi connectivity index (χ2n) is 5.81. The second kappa shape index (κ2) is 10.3. The average Bonchev–Trinajstić information content (AvgIpc) is 3.08. The normalized spacial score (nSPS) is 11.1. The summed E-state index contributed by atoms with van der Waals surface area (Å²) < 4.78 is 0. The lowest BCUT2D eigenvalue weighted by atomic mass is 10.1. The van der Waals surface area contributed by atoms with E-state index in [0.717, 1.165) is 29.2 Å². The number of primary amides is 1. The highest BCUT2D eigenvalue weighted by atomic mass is 32.1. The van der Waals surface area contributed by atoms with Crippen LogP contribution in [0.25, 0.3) is 0 Å². The third-order valence-electron chi connectivity index (χ3n) is 3.66. The summed E-state index contributed by atoms with van der Waals surface area (Å²) in [5.74, 6) is -0.207. The van der Waals surface area contributed by atoms with Gasteiger partial charge in [0.15, 0.2) is 5.96 Å². The molecule has 0 bridgehead atoms. The number of nitrogens with zero attached hydrogens (tertiary/aromatic N) is 2. The molecule has 8 nitrogen and oxygen atoms in total. The van der Waals surface area contributed by atoms with Crippen LogP contribution in [0, 0.1) is 6.92 Å². The van der Waals surface area contributed by atoms with E-state index in [1.54, 1.807) is 30.5 Å². The highest BCUT2D eigenvalue weighted by Crippen LogP contribution is 2.08. The lowest BCUT2D eigenvalue weighted by Crippen LogP contribution is -2.37. The van der Waals surface area contributed by atoms with Gasteiger partial charge in [-0.25, -0.2) is 4.98 Å². The van der Waals surface area contributed by atoms with Crippen LogP contribution in [0.15, 0.2) is 34.6 Å². The monoisotopic (exact) mass is 388 g/mol. The van der Waals surface area contributed by atoms with E-state index in [2.05, 4.69) is 31.3 Å². The van der Waals surface area contributed by atoms with E-state index in [4.69, 9.17) is 5.73 Å². The van der Waals surface area contributed by atoms with Gasteiger partial charge in [-0.1, -0.05) is 12.1 Å². The molecule has 27 heavy (non-hydrogen) atoms. The average molecular weight is 388 g/mol. The smallest absolute Gasteiger partial charge is 0.251 e. The minimum Gasteiger partial charge on any atom is -0.368 e. The number of rotatable bonds is 8. The van der Waals surface area contributed by atoms with Crippen molar-refractivity contribution in [1.82, 2.24) is 20.9 Å². The van der Waals surface area contributed by atoms with Crippen LogP contribution in [-0.2, 0) is 17.8 Å². The number of thiazole rings is 1. The van der Waals surface area contributed by atoms with Crippen LogP contribution >= 0.6 is 11.3 Å². The first-order valence-electron chi connectivity index (χ1n) is 8.49. The van der Waals surface area contributed by atoms with Crippen LogP contribution in [0.2, 0.25) is 0 Å². The summed E-state index contributed by atoms with van der Waals surface area (Å²) in [5.41, 5.74) is 7.56. The van der Waals surface area contributed by atoms with Crippen molar-refractivity contribution in [2.24, 2.45) is 10.7 Å². The number of amides is 2. The molecule has 0 saturated heterocycles. The number of nitrogens with two attached hydrogens (primary N) is 1. The number of carbonyl (C=O) groups excluding carboxylic acids is 2. The standard InChI is InChI=1S/C18H24N6O2S/c1-12-24-15(11-27-12)7-8-21-18(20-2)23-9-13-3-5-14(6-4-13)17(26)22-10-16(19)25/h3-6,11H,7-10H2,1-2H3,(H2,19,25)(H,22,26)(H2,20,21,23). The first kappa shape index (κ1) is 20.4. The van der Waals surface area contributed by atoms with Crippen LogP contribution in [-0.4, -0.2) is 42.9 Å². The second-order valence-corrected chi connectivity index (χ2v) is 6.87. The van der Waals surface area contributed by atoms with Gasteiger partial charge in [-0.05, 0) is 24.6 Å². The van der Waals surface area contributed by atoms with E-state index in [-0.39, 0.29) is 12.5 Å². The van der Waals surface area contributed by atoms with Gasteiger partial charge >= 0.3 is 0 Å². The molecular formula is C18H24N6O2S. The minimum absolute atomic E-state index is 0.176. The van der Waals surface area contributed by atoms with Gasteiger partial charge in [0.1, 0.15) is 0 Å². The molecule has 5 N–H and O–H groups in total. The zero-order chi connectivity index (χ0) is 19.6. The zero-order valence-corrected chi connectivity index (χ0v) is 16.2. The van der Waals surface area contributed by atoms with Gasteiger partial charge in [0.2, 0.25) is 5.91 Å².